The number of nitrogens with one attached hydrogen (secondary N) is 1. The molecule has 0 fully saturated rings. The Labute approximate surface area is 91.3 Å². The van der Waals surface area contributed by atoms with Crippen LogP contribution in [0.15, 0.2) is 22.7 Å². The highest BCUT2D eigenvalue weighted by atomic mass is 79.9. The van der Waals surface area contributed by atoms with Crippen molar-refractivity contribution in [3.8, 4) is 0 Å². The van der Waals surface area contributed by atoms with Crippen LogP contribution in [0.2, 0.25) is 0 Å². The number of rotatable bonds is 4. The third-order valence-corrected chi connectivity index (χ3v) is 2.56. The van der Waals surface area contributed by atoms with E-state index in [4.69, 9.17) is 5.11 Å². The number of aliphatic hydroxyl groups excluding tert-OH is 1. The summed E-state index contributed by atoms with van der Waals surface area (Å²) in [6, 6.07) is 5.02. The van der Waals surface area contributed by atoms with E-state index < -0.39 is 0 Å². The van der Waals surface area contributed by atoms with Crippen molar-refractivity contribution in [2.45, 2.75) is 19.5 Å². The predicted molar refractivity (Wildman–Crippen MR) is 57.5 cm³/mol. The number of halogens is 2. The van der Waals surface area contributed by atoms with Crippen LogP contribution in [-0.2, 0) is 6.54 Å². The van der Waals surface area contributed by atoms with Crippen molar-refractivity contribution in [2.75, 3.05) is 6.61 Å². The van der Waals surface area contributed by atoms with Crippen molar-refractivity contribution in [2.24, 2.45) is 0 Å². The van der Waals surface area contributed by atoms with Crippen LogP contribution in [0.3, 0.4) is 0 Å². The van der Waals surface area contributed by atoms with Gasteiger partial charge in [-0.05, 0) is 40.5 Å². The number of hydrogen-bond acceptors (Lipinski definition) is 2. The molecule has 0 aliphatic heterocycles. The van der Waals surface area contributed by atoms with Gasteiger partial charge in [0.1, 0.15) is 5.82 Å². The fraction of sp³-hybridized carbons (Fsp3) is 0.400. The zero-order valence-electron chi connectivity index (χ0n) is 7.93. The molecule has 4 heteroatoms. The van der Waals surface area contributed by atoms with E-state index in [1.54, 1.807) is 6.07 Å². The molecule has 1 aromatic rings. The maximum absolute atomic E-state index is 13.1. The average Bonchev–Trinajstić information content (AvgIpc) is 2.19. The van der Waals surface area contributed by atoms with E-state index in [0.29, 0.717) is 11.0 Å². The second kappa shape index (κ2) is 5.44. The first-order valence-electron chi connectivity index (χ1n) is 4.41. The summed E-state index contributed by atoms with van der Waals surface area (Å²) in [5.41, 5.74) is 0.867. The molecule has 2 nitrogen and oxygen atoms in total. The lowest BCUT2D eigenvalue weighted by atomic mass is 10.2. The van der Waals surface area contributed by atoms with E-state index in [-0.39, 0.29) is 18.5 Å². The Hall–Kier alpha value is -0.450. The van der Waals surface area contributed by atoms with Crippen LogP contribution in [0.1, 0.15) is 12.5 Å². The highest BCUT2D eigenvalue weighted by molar-refractivity contribution is 9.10. The molecule has 1 rings (SSSR count). The SMILES string of the molecule is CC(CO)NCc1ccc(Br)c(F)c1. The molecule has 0 saturated heterocycles. The zero-order chi connectivity index (χ0) is 10.6. The minimum Gasteiger partial charge on any atom is -0.395 e. The quantitative estimate of drug-likeness (QED) is 0.870. The molecule has 0 aromatic heterocycles. The fourth-order valence-electron chi connectivity index (χ4n) is 1.01. The zero-order valence-corrected chi connectivity index (χ0v) is 9.51. The molecule has 1 atom stereocenters. The Balaban J connectivity index is 2.55. The van der Waals surface area contributed by atoms with Crippen LogP contribution < -0.4 is 5.32 Å². The molecule has 78 valence electrons. The van der Waals surface area contributed by atoms with Crippen LogP contribution in [0.25, 0.3) is 0 Å². The number of hydrogen-bond donors (Lipinski definition) is 2. The van der Waals surface area contributed by atoms with Crippen LogP contribution in [-0.4, -0.2) is 17.8 Å². The summed E-state index contributed by atoms with van der Waals surface area (Å²) in [6.07, 6.45) is 0. The molecule has 2 N–H and O–H groups in total. The van der Waals surface area contributed by atoms with Gasteiger partial charge >= 0.3 is 0 Å². The molecule has 14 heavy (non-hydrogen) atoms. The summed E-state index contributed by atoms with van der Waals surface area (Å²) in [5, 5.41) is 11.8. The van der Waals surface area contributed by atoms with Gasteiger partial charge in [-0.15, -0.1) is 0 Å². The van der Waals surface area contributed by atoms with E-state index >= 15 is 0 Å². The number of benzene rings is 1. The molecule has 0 spiro atoms. The van der Waals surface area contributed by atoms with Crippen LogP contribution >= 0.6 is 15.9 Å². The lowest BCUT2D eigenvalue weighted by Crippen LogP contribution is -2.28. The van der Waals surface area contributed by atoms with Crippen molar-refractivity contribution in [3.05, 3.63) is 34.1 Å². The van der Waals surface area contributed by atoms with E-state index in [0.717, 1.165) is 5.56 Å². The summed E-state index contributed by atoms with van der Waals surface area (Å²) in [4.78, 5) is 0. The maximum Gasteiger partial charge on any atom is 0.137 e. The van der Waals surface area contributed by atoms with Gasteiger partial charge in [-0.3, -0.25) is 0 Å². The van der Waals surface area contributed by atoms with E-state index in [2.05, 4.69) is 21.2 Å². The van der Waals surface area contributed by atoms with Gasteiger partial charge in [0, 0.05) is 12.6 Å². The Morgan fingerprint density at radius 1 is 1.57 bits per heavy atom. The highest BCUT2D eigenvalue weighted by Gasteiger charge is 2.02. The van der Waals surface area contributed by atoms with Gasteiger partial charge in [-0.25, -0.2) is 4.39 Å². The van der Waals surface area contributed by atoms with Gasteiger partial charge in [-0.2, -0.15) is 0 Å². The highest BCUT2D eigenvalue weighted by Crippen LogP contribution is 2.16. The Kier molecular flexibility index (Phi) is 4.51. The van der Waals surface area contributed by atoms with E-state index in [9.17, 15) is 4.39 Å². The topological polar surface area (TPSA) is 32.3 Å². The Morgan fingerprint density at radius 3 is 2.86 bits per heavy atom. The lowest BCUT2D eigenvalue weighted by molar-refractivity contribution is 0.251. The largest absolute Gasteiger partial charge is 0.395 e. The first-order chi connectivity index (χ1) is 6.63. The molecule has 0 saturated carbocycles. The van der Waals surface area contributed by atoms with Crippen LogP contribution in [0, 0.1) is 5.82 Å². The minimum atomic E-state index is -0.263. The van der Waals surface area contributed by atoms with Gasteiger partial charge in [0.05, 0.1) is 11.1 Å². The second-order valence-electron chi connectivity index (χ2n) is 3.21. The molecular formula is C10H13BrFNO. The molecule has 0 aliphatic rings. The van der Waals surface area contributed by atoms with Crippen molar-refractivity contribution in [1.82, 2.24) is 5.32 Å². The molecule has 1 aromatic carbocycles. The summed E-state index contributed by atoms with van der Waals surface area (Å²) in [6.45, 7) is 2.51. The summed E-state index contributed by atoms with van der Waals surface area (Å²) in [7, 11) is 0. The molecule has 0 amide bonds. The smallest absolute Gasteiger partial charge is 0.137 e. The lowest BCUT2D eigenvalue weighted by Gasteiger charge is -2.10. The molecule has 0 bridgehead atoms. The summed E-state index contributed by atoms with van der Waals surface area (Å²) >= 11 is 3.09. The van der Waals surface area contributed by atoms with Gasteiger partial charge in [0.2, 0.25) is 0 Å². The average molecular weight is 262 g/mol. The summed E-state index contributed by atoms with van der Waals surface area (Å²) < 4.78 is 13.5. The minimum absolute atomic E-state index is 0.0294. The van der Waals surface area contributed by atoms with Crippen molar-refractivity contribution >= 4 is 15.9 Å². The molecule has 0 aliphatic carbocycles. The van der Waals surface area contributed by atoms with Gasteiger partial charge in [0.15, 0.2) is 0 Å². The van der Waals surface area contributed by atoms with Gasteiger partial charge in [0.25, 0.3) is 0 Å². The van der Waals surface area contributed by atoms with E-state index in [1.165, 1.54) is 6.07 Å². The first kappa shape index (κ1) is 11.6. The standard InChI is InChI=1S/C10H13BrFNO/c1-7(6-14)13-5-8-2-3-9(11)10(12)4-8/h2-4,7,13-14H,5-6H2,1H3. The van der Waals surface area contributed by atoms with E-state index in [1.807, 2.05) is 13.0 Å². The summed E-state index contributed by atoms with van der Waals surface area (Å²) in [5.74, 6) is -0.263. The Bertz CT molecular complexity index is 306. The third-order valence-electron chi connectivity index (χ3n) is 1.91. The fourth-order valence-corrected chi connectivity index (χ4v) is 1.25. The van der Waals surface area contributed by atoms with Gasteiger partial charge < -0.3 is 10.4 Å². The normalized spacial score (nSPS) is 12.9. The monoisotopic (exact) mass is 261 g/mol. The molecule has 0 radical (unpaired) electrons. The maximum atomic E-state index is 13.1. The first-order valence-corrected chi connectivity index (χ1v) is 5.21. The molecule has 1 unspecified atom stereocenters. The number of aliphatic hydroxyl groups is 1. The van der Waals surface area contributed by atoms with Crippen molar-refractivity contribution in [3.63, 3.8) is 0 Å². The predicted octanol–water partition coefficient (Wildman–Crippen LogP) is 2.06. The van der Waals surface area contributed by atoms with Gasteiger partial charge in [-0.1, -0.05) is 6.07 Å². The molecule has 0 heterocycles. The van der Waals surface area contributed by atoms with Crippen LogP contribution in [0.5, 0.6) is 0 Å². The molecular weight excluding hydrogens is 249 g/mol. The van der Waals surface area contributed by atoms with Crippen molar-refractivity contribution < 1.29 is 9.50 Å². The van der Waals surface area contributed by atoms with Crippen molar-refractivity contribution in [1.29, 1.82) is 0 Å². The van der Waals surface area contributed by atoms with Crippen LogP contribution in [0.4, 0.5) is 4.39 Å². The third kappa shape index (κ3) is 3.36. The second-order valence-corrected chi connectivity index (χ2v) is 4.07. The Morgan fingerprint density at radius 2 is 2.29 bits per heavy atom.